The number of hydrogen-bond donors (Lipinski definition) is 2. The van der Waals surface area contributed by atoms with E-state index in [0.717, 1.165) is 25.9 Å². The van der Waals surface area contributed by atoms with E-state index in [1.54, 1.807) is 0 Å². The van der Waals surface area contributed by atoms with E-state index in [-0.39, 0.29) is 11.9 Å². The Morgan fingerprint density at radius 3 is 2.59 bits per heavy atom. The van der Waals surface area contributed by atoms with Crippen molar-refractivity contribution in [1.82, 2.24) is 10.2 Å². The van der Waals surface area contributed by atoms with Crippen LogP contribution in [-0.2, 0) is 4.79 Å². The molecule has 5 nitrogen and oxygen atoms in total. The highest BCUT2D eigenvalue weighted by molar-refractivity contribution is 6.07. The number of nitrogens with zero attached hydrogens (tertiary/aromatic N) is 1. The van der Waals surface area contributed by atoms with E-state index in [1.165, 1.54) is 22.6 Å². The highest BCUT2D eigenvalue weighted by Crippen LogP contribution is 2.42. The Hall–Kier alpha value is -1.10. The molecule has 94 valence electrons. The molecule has 1 atom stereocenters. The van der Waals surface area contributed by atoms with E-state index in [4.69, 9.17) is 0 Å². The molecule has 0 unspecified atom stereocenters. The van der Waals surface area contributed by atoms with Gasteiger partial charge < -0.3 is 10.2 Å². The number of carbonyl (C=O) groups is 2. The van der Waals surface area contributed by atoms with Crippen LogP contribution in [0.15, 0.2) is 0 Å². The molecule has 1 aliphatic carbocycles. The molecule has 5 heteroatoms. The summed E-state index contributed by atoms with van der Waals surface area (Å²) in [4.78, 5) is 27.0. The zero-order valence-electron chi connectivity index (χ0n) is 10.3. The summed E-state index contributed by atoms with van der Waals surface area (Å²) in [5.74, 6) is 0.349. The first-order valence-electron chi connectivity index (χ1n) is 6.59. The third-order valence-electron chi connectivity index (χ3n) is 4.39. The van der Waals surface area contributed by atoms with Crippen molar-refractivity contribution in [3.8, 4) is 0 Å². The fourth-order valence-corrected chi connectivity index (χ4v) is 3.05. The average molecular weight is 238 g/mol. The Bertz CT molecular complexity index is 361. The third kappa shape index (κ3) is 1.73. The lowest BCUT2D eigenvalue weighted by molar-refractivity contribution is -0.894. The lowest BCUT2D eigenvalue weighted by Gasteiger charge is -2.22. The molecule has 2 heterocycles. The van der Waals surface area contributed by atoms with Crippen molar-refractivity contribution < 1.29 is 14.5 Å². The Labute approximate surface area is 101 Å². The molecular weight excluding hydrogens is 218 g/mol. The monoisotopic (exact) mass is 238 g/mol. The first-order chi connectivity index (χ1) is 8.11. The topological polar surface area (TPSA) is 53.9 Å². The molecule has 3 rings (SSSR count). The largest absolute Gasteiger partial charge is 0.329 e. The van der Waals surface area contributed by atoms with Crippen molar-refractivity contribution in [2.24, 2.45) is 5.92 Å². The Morgan fingerprint density at radius 1 is 1.35 bits per heavy atom. The van der Waals surface area contributed by atoms with Gasteiger partial charge in [-0.15, -0.1) is 0 Å². The van der Waals surface area contributed by atoms with E-state index < -0.39 is 5.54 Å². The fraction of sp³-hybridized carbons (Fsp3) is 0.833. The predicted molar refractivity (Wildman–Crippen MR) is 61.3 cm³/mol. The molecule has 2 aliphatic heterocycles. The summed E-state index contributed by atoms with van der Waals surface area (Å²) < 4.78 is 0. The van der Waals surface area contributed by atoms with Gasteiger partial charge in [0.05, 0.1) is 13.1 Å². The molecule has 0 aromatic carbocycles. The van der Waals surface area contributed by atoms with Crippen LogP contribution in [0, 0.1) is 5.92 Å². The maximum atomic E-state index is 12.3. The van der Waals surface area contributed by atoms with Gasteiger partial charge in [-0.05, 0) is 25.7 Å². The van der Waals surface area contributed by atoms with Gasteiger partial charge in [-0.2, -0.15) is 0 Å². The van der Waals surface area contributed by atoms with Crippen LogP contribution in [0.5, 0.6) is 0 Å². The van der Waals surface area contributed by atoms with Gasteiger partial charge >= 0.3 is 6.03 Å². The van der Waals surface area contributed by atoms with Gasteiger partial charge in [-0.3, -0.25) is 4.79 Å². The molecule has 2 saturated heterocycles. The van der Waals surface area contributed by atoms with Crippen molar-refractivity contribution in [1.29, 1.82) is 0 Å². The van der Waals surface area contributed by atoms with Gasteiger partial charge in [0.2, 0.25) is 0 Å². The van der Waals surface area contributed by atoms with Gasteiger partial charge in [0.1, 0.15) is 5.54 Å². The van der Waals surface area contributed by atoms with Crippen LogP contribution in [0.25, 0.3) is 0 Å². The molecule has 3 aliphatic rings. The van der Waals surface area contributed by atoms with Crippen molar-refractivity contribution in [2.75, 3.05) is 19.8 Å². The minimum absolute atomic E-state index is 0.00981. The number of hydrogen-bond acceptors (Lipinski definition) is 2. The summed E-state index contributed by atoms with van der Waals surface area (Å²) in [5, 5.41) is 2.89. The smallest absolute Gasteiger partial charge is 0.323 e. The molecule has 0 aromatic heterocycles. The SMILES string of the molecule is C[C@]1(C2CC2)NC(=O)N(C[NH+]2CCCC2)C1=O. The van der Waals surface area contributed by atoms with E-state index in [9.17, 15) is 9.59 Å². The van der Waals surface area contributed by atoms with Crippen LogP contribution in [0.3, 0.4) is 0 Å². The maximum Gasteiger partial charge on any atom is 0.329 e. The van der Waals surface area contributed by atoms with Crippen LogP contribution in [0.4, 0.5) is 4.79 Å². The second kappa shape index (κ2) is 3.70. The van der Waals surface area contributed by atoms with Crippen molar-refractivity contribution in [3.63, 3.8) is 0 Å². The average Bonchev–Trinajstić information content (AvgIpc) is 2.99. The summed E-state index contributed by atoms with van der Waals surface area (Å²) in [6, 6.07) is -0.191. The van der Waals surface area contributed by atoms with Crippen LogP contribution < -0.4 is 10.2 Å². The minimum atomic E-state index is -0.615. The van der Waals surface area contributed by atoms with Crippen LogP contribution in [0.2, 0.25) is 0 Å². The standard InChI is InChI=1S/C12H19N3O2/c1-12(9-4-5-9)10(16)15(11(17)13-12)8-14-6-2-3-7-14/h9H,2-8H2,1H3,(H,13,17)/p+1/t12-/m1/s1. The third-order valence-corrected chi connectivity index (χ3v) is 4.39. The Kier molecular flexibility index (Phi) is 2.40. The van der Waals surface area contributed by atoms with Crippen molar-refractivity contribution >= 4 is 11.9 Å². The zero-order chi connectivity index (χ0) is 12.0. The fourth-order valence-electron chi connectivity index (χ4n) is 3.05. The van der Waals surface area contributed by atoms with Crippen LogP contribution in [0.1, 0.15) is 32.6 Å². The summed E-state index contributed by atoms with van der Waals surface area (Å²) in [5.41, 5.74) is -0.615. The number of carbonyl (C=O) groups excluding carboxylic acids is 2. The number of amides is 3. The van der Waals surface area contributed by atoms with E-state index in [1.807, 2.05) is 6.92 Å². The molecule has 0 spiro atoms. The van der Waals surface area contributed by atoms with Crippen molar-refractivity contribution in [3.05, 3.63) is 0 Å². The van der Waals surface area contributed by atoms with E-state index >= 15 is 0 Å². The molecular formula is C12H20N3O2+. The molecule has 0 radical (unpaired) electrons. The van der Waals surface area contributed by atoms with Gasteiger partial charge in [-0.1, -0.05) is 0 Å². The maximum absolute atomic E-state index is 12.3. The molecule has 2 N–H and O–H groups in total. The number of urea groups is 1. The highest BCUT2D eigenvalue weighted by Gasteiger charge is 2.56. The molecule has 17 heavy (non-hydrogen) atoms. The highest BCUT2D eigenvalue weighted by atomic mass is 16.2. The van der Waals surface area contributed by atoms with Crippen LogP contribution >= 0.6 is 0 Å². The minimum Gasteiger partial charge on any atom is -0.323 e. The van der Waals surface area contributed by atoms with E-state index in [2.05, 4.69) is 5.32 Å². The molecule has 0 bridgehead atoms. The van der Waals surface area contributed by atoms with Crippen molar-refractivity contribution in [2.45, 2.75) is 38.1 Å². The number of quaternary nitrogens is 1. The molecule has 0 aromatic rings. The van der Waals surface area contributed by atoms with E-state index in [0.29, 0.717) is 12.6 Å². The first kappa shape index (κ1) is 11.0. The summed E-state index contributed by atoms with van der Waals surface area (Å²) in [7, 11) is 0. The number of likely N-dealkylation sites (tertiary alicyclic amines) is 1. The van der Waals surface area contributed by atoms with Gasteiger partial charge in [0.25, 0.3) is 5.91 Å². The molecule has 3 amide bonds. The molecule has 3 fully saturated rings. The lowest BCUT2D eigenvalue weighted by Crippen LogP contribution is -3.11. The quantitative estimate of drug-likeness (QED) is 0.642. The Morgan fingerprint density at radius 2 is 2.00 bits per heavy atom. The normalized spacial score (nSPS) is 34.5. The van der Waals surface area contributed by atoms with Crippen LogP contribution in [-0.4, -0.2) is 42.1 Å². The summed E-state index contributed by atoms with van der Waals surface area (Å²) in [6.07, 6.45) is 4.54. The zero-order valence-corrected chi connectivity index (χ0v) is 10.3. The first-order valence-corrected chi connectivity index (χ1v) is 6.59. The van der Waals surface area contributed by atoms with Gasteiger partial charge in [0, 0.05) is 12.8 Å². The molecule has 1 saturated carbocycles. The number of rotatable bonds is 3. The summed E-state index contributed by atoms with van der Waals surface area (Å²) in [6.45, 7) is 4.59. The van der Waals surface area contributed by atoms with Gasteiger partial charge in [-0.25, -0.2) is 9.69 Å². The number of nitrogens with one attached hydrogen (secondary N) is 2. The predicted octanol–water partition coefficient (Wildman–Crippen LogP) is -0.657. The number of imide groups is 1. The van der Waals surface area contributed by atoms with Gasteiger partial charge in [0.15, 0.2) is 6.67 Å². The second-order valence-electron chi connectivity index (χ2n) is 5.76. The second-order valence-corrected chi connectivity index (χ2v) is 5.76. The summed E-state index contributed by atoms with van der Waals surface area (Å²) >= 11 is 0. The lowest BCUT2D eigenvalue weighted by atomic mass is 9.96. The Balaban J connectivity index is 1.72.